The minimum Gasteiger partial charge on any atom is -0.431 e. The summed E-state index contributed by atoms with van der Waals surface area (Å²) in [6.07, 6.45) is 9.47. The van der Waals surface area contributed by atoms with E-state index in [1.165, 1.54) is 0 Å². The van der Waals surface area contributed by atoms with Gasteiger partial charge in [-0.05, 0) is 154 Å². The lowest BCUT2D eigenvalue weighted by Gasteiger charge is -2.34. The van der Waals surface area contributed by atoms with Gasteiger partial charge in [-0.25, -0.2) is 24.6 Å². The summed E-state index contributed by atoms with van der Waals surface area (Å²) in [6, 6.07) is 22.6. The Bertz CT molecular complexity index is 4290. The monoisotopic (exact) mass is 1300 g/mol. The van der Waals surface area contributed by atoms with Gasteiger partial charge in [0.15, 0.2) is 21.6 Å². The third kappa shape index (κ3) is 13.5. The van der Waals surface area contributed by atoms with E-state index in [-0.39, 0.29) is 78.8 Å². The third-order valence-electron chi connectivity index (χ3n) is 17.3. The van der Waals surface area contributed by atoms with Crippen LogP contribution in [0, 0.1) is 19.3 Å². The number of aromatic nitrogens is 11. The summed E-state index contributed by atoms with van der Waals surface area (Å²) in [4.78, 5) is 53.1. The van der Waals surface area contributed by atoms with Crippen LogP contribution < -0.4 is 22.1 Å². The molecule has 88 heavy (non-hydrogen) atoms. The molecule has 0 spiro atoms. The van der Waals surface area contributed by atoms with Gasteiger partial charge in [-0.15, -0.1) is 0 Å². The zero-order valence-electron chi connectivity index (χ0n) is 51.6. The largest absolute Gasteiger partial charge is 0.495 e. The number of pyridine rings is 3. The molecule has 10 aromatic rings. The van der Waals surface area contributed by atoms with Crippen LogP contribution in [0.25, 0.3) is 60.3 Å². The first-order chi connectivity index (χ1) is 40.1. The zero-order chi connectivity index (χ0) is 62.8. The Labute approximate surface area is 533 Å². The van der Waals surface area contributed by atoms with Crippen LogP contribution in [0.1, 0.15) is 109 Å². The molecule has 0 saturated carbocycles. The van der Waals surface area contributed by atoms with Crippen molar-refractivity contribution in [2.24, 2.45) is 26.6 Å². The highest BCUT2D eigenvalue weighted by molar-refractivity contribution is 9.10. The molecule has 1 N–H and O–H groups in total. The van der Waals surface area contributed by atoms with Crippen molar-refractivity contribution in [1.82, 2.24) is 53.6 Å². The molecule has 3 aromatic carbocycles. The highest BCUT2D eigenvalue weighted by atomic mass is 79.9. The molecule has 3 saturated heterocycles. The Balaban J connectivity index is 0.000000159. The Morgan fingerprint density at radius 1 is 0.534 bits per heavy atom. The Morgan fingerprint density at radius 2 is 1.00 bits per heavy atom. The van der Waals surface area contributed by atoms with E-state index in [1.54, 1.807) is 90.4 Å². The molecule has 0 bridgehead atoms. The zero-order valence-corrected chi connectivity index (χ0v) is 54.7. The van der Waals surface area contributed by atoms with Crippen molar-refractivity contribution >= 4 is 120 Å². The molecule has 0 unspecified atom stereocenters. The number of H-pyrrole nitrogens is 1. The fourth-order valence-electron chi connectivity index (χ4n) is 9.90. The topological polar surface area (TPSA) is 210 Å². The summed E-state index contributed by atoms with van der Waals surface area (Å²) in [5, 5.41) is 16.4. The van der Waals surface area contributed by atoms with Crippen LogP contribution in [0.4, 0.5) is 0 Å². The standard InChI is InChI=1S/C16H20BNO3.C16H12ClN5O.C13H26B2O3.C10H8BrNO.C6H5ClN4.2CH4/c1-15(2)16(3,4)21-17(20-15)13-8-6-7-12-11(13)9-10-18(5)14(12)19;1-9-14(17)20-12-8-18-22(15(12)19-9)13-5-3-4-11-10(13)6-7-21(2)16(11)23;1-10(2)9-14(16-11(10,3)4)15-17-12(5,6)13(7,8)18-15;1-12-6-5-7-8(10(12)13)3-2-4-9(7)11;1-3-5(7)10-4-2-8-11-6(4)9-3;;/h6-10H,1-5H3;3-8H,1-2H3;9H2,1-8H3;2-6H,1H3;2H,1H3,(H,8,9,11);2*1H4. The molecule has 7 aromatic heterocycles. The lowest BCUT2D eigenvalue weighted by atomic mass is 9.33. The molecule has 19 nitrogen and oxygen atoms in total. The van der Waals surface area contributed by atoms with Crippen molar-refractivity contribution in [3.8, 4) is 5.69 Å². The maximum absolute atomic E-state index is 12.3. The Morgan fingerprint density at radius 3 is 1.55 bits per heavy atom. The van der Waals surface area contributed by atoms with E-state index in [4.69, 9.17) is 46.5 Å². The fraction of sp³-hybridized carbons (Fsp3) is 0.413. The van der Waals surface area contributed by atoms with Crippen LogP contribution in [0.15, 0.2) is 123 Å². The first-order valence-electron chi connectivity index (χ1n) is 28.2. The number of fused-ring (bicyclic) bond motifs is 5. The van der Waals surface area contributed by atoms with Crippen LogP contribution in [-0.2, 0) is 44.4 Å². The number of halogens is 3. The van der Waals surface area contributed by atoms with Gasteiger partial charge in [0.05, 0.1) is 51.9 Å². The normalized spacial score (nSPS) is 17.2. The van der Waals surface area contributed by atoms with Crippen molar-refractivity contribution in [1.29, 1.82) is 0 Å². The third-order valence-corrected chi connectivity index (χ3v) is 18.7. The second kappa shape index (κ2) is 25.7. The van der Waals surface area contributed by atoms with E-state index >= 15 is 0 Å². The van der Waals surface area contributed by atoms with Crippen molar-refractivity contribution in [2.75, 3.05) is 0 Å². The minimum atomic E-state index is -0.453. The van der Waals surface area contributed by atoms with Crippen LogP contribution in [0.2, 0.25) is 16.6 Å². The average molecular weight is 1300 g/mol. The van der Waals surface area contributed by atoms with Gasteiger partial charge in [0.1, 0.15) is 11.0 Å². The van der Waals surface area contributed by atoms with Crippen LogP contribution in [0.5, 0.6) is 0 Å². The molecular weight excluding hydrogens is 1220 g/mol. The first-order valence-corrected chi connectivity index (χ1v) is 29.7. The summed E-state index contributed by atoms with van der Waals surface area (Å²) >= 11 is 15.2. The number of hydrogen-bond acceptors (Lipinski definition) is 14. The summed E-state index contributed by atoms with van der Waals surface area (Å²) in [5.41, 5.74) is 4.28. The molecule has 3 aliphatic rings. The SMILES string of the molecule is C.C.CC1(C)CB(B2OC(C)(C)C(C)(C)O2)OC1(C)C.Cc1nc2[nH]ncc2nc1Cl.Cc1nc2c(cnn2-c2cccc3c(=O)n(C)ccc23)nc1Cl.Cn1ccc2c(B3OC(C)(C)C(C)(C)O3)cccc2c1=O.Cn1ccc2c(Br)cccc2c1=O. The van der Waals surface area contributed by atoms with E-state index < -0.39 is 7.12 Å². The lowest BCUT2D eigenvalue weighted by Crippen LogP contribution is -2.41. The van der Waals surface area contributed by atoms with Crippen molar-refractivity contribution in [3.05, 3.63) is 161 Å². The van der Waals surface area contributed by atoms with E-state index in [9.17, 15) is 14.4 Å². The van der Waals surface area contributed by atoms with Gasteiger partial charge in [-0.2, -0.15) is 10.2 Å². The van der Waals surface area contributed by atoms with E-state index in [0.717, 1.165) is 43.5 Å². The van der Waals surface area contributed by atoms with Crippen molar-refractivity contribution in [2.45, 2.75) is 146 Å². The Kier molecular flexibility index (Phi) is 20.2. The number of aryl methyl sites for hydroxylation is 5. The van der Waals surface area contributed by atoms with E-state index in [1.807, 2.05) is 94.4 Å². The first kappa shape index (κ1) is 68.9. The molecular formula is C63H79B3BrCl2N11O8. The molecule has 464 valence electrons. The van der Waals surface area contributed by atoms with Crippen LogP contribution in [-0.4, -0.2) is 103 Å². The molecule has 3 fully saturated rings. The molecule has 13 rings (SSSR count). The highest BCUT2D eigenvalue weighted by Crippen LogP contribution is 2.48. The van der Waals surface area contributed by atoms with Crippen molar-refractivity contribution < 1.29 is 23.3 Å². The molecule has 0 amide bonds. The van der Waals surface area contributed by atoms with E-state index in [0.29, 0.717) is 54.8 Å². The Hall–Kier alpha value is -6.56. The average Bonchev–Trinajstić information content (AvgIpc) is 1.76. The number of hydrogen-bond donors (Lipinski definition) is 1. The smallest absolute Gasteiger partial charge is 0.431 e. The highest BCUT2D eigenvalue weighted by Gasteiger charge is 2.61. The second-order valence-electron chi connectivity index (χ2n) is 25.0. The summed E-state index contributed by atoms with van der Waals surface area (Å²) in [6.45, 7) is 28.8. The van der Waals surface area contributed by atoms with Gasteiger partial charge >= 0.3 is 20.9 Å². The van der Waals surface area contributed by atoms with Crippen molar-refractivity contribution in [3.63, 3.8) is 0 Å². The predicted molar refractivity (Wildman–Crippen MR) is 361 cm³/mol. The molecule has 0 atom stereocenters. The van der Waals surface area contributed by atoms with Gasteiger partial charge in [0, 0.05) is 76.7 Å². The number of benzene rings is 3. The maximum atomic E-state index is 12.3. The summed E-state index contributed by atoms with van der Waals surface area (Å²) < 4.78 is 37.9. The van der Waals surface area contributed by atoms with Gasteiger partial charge in [0.25, 0.3) is 16.7 Å². The second-order valence-corrected chi connectivity index (χ2v) is 26.5. The quantitative estimate of drug-likeness (QED) is 0.163. The van der Waals surface area contributed by atoms with E-state index in [2.05, 4.69) is 107 Å². The summed E-state index contributed by atoms with van der Waals surface area (Å²) in [5.74, 6) is 0. The van der Waals surface area contributed by atoms with Gasteiger partial charge in [-0.1, -0.05) is 92.1 Å². The minimum absolute atomic E-state index is 0. The number of nitrogens with zero attached hydrogens (tertiary/aromatic N) is 10. The predicted octanol–water partition coefficient (Wildman–Crippen LogP) is 12.3. The molecule has 3 aliphatic heterocycles. The maximum Gasteiger partial charge on any atom is 0.495 e. The molecule has 0 aliphatic carbocycles. The summed E-state index contributed by atoms with van der Waals surface area (Å²) in [7, 11) is 4.53. The van der Waals surface area contributed by atoms with Gasteiger partial charge in [-0.3, -0.25) is 19.5 Å². The van der Waals surface area contributed by atoms with Gasteiger partial charge < -0.3 is 37.0 Å². The molecule has 25 heteroatoms. The number of aromatic amines is 1. The molecule has 0 radical (unpaired) electrons. The molecule has 10 heterocycles. The van der Waals surface area contributed by atoms with Crippen LogP contribution >= 0.6 is 39.1 Å². The fourth-order valence-corrected chi connectivity index (χ4v) is 10.7. The number of rotatable bonds is 3. The lowest BCUT2D eigenvalue weighted by molar-refractivity contribution is 0.00578. The van der Waals surface area contributed by atoms with Crippen LogP contribution in [0.3, 0.4) is 0 Å². The number of nitrogens with one attached hydrogen (secondary N) is 1. The van der Waals surface area contributed by atoms with Gasteiger partial charge in [0.2, 0.25) is 0 Å².